The lowest BCUT2D eigenvalue weighted by Crippen LogP contribution is -2.20. The molecule has 0 saturated heterocycles. The molecule has 0 aromatic heterocycles. The normalized spacial score (nSPS) is 10.7. The van der Waals surface area contributed by atoms with Gasteiger partial charge in [0.1, 0.15) is 5.75 Å². The van der Waals surface area contributed by atoms with E-state index in [2.05, 4.69) is 21.6 Å². The van der Waals surface area contributed by atoms with E-state index in [0.717, 1.165) is 16.8 Å². The fourth-order valence-electron chi connectivity index (χ4n) is 2.58. The van der Waals surface area contributed by atoms with Gasteiger partial charge in [-0.15, -0.1) is 0 Å². The van der Waals surface area contributed by atoms with Crippen LogP contribution in [0, 0.1) is 13.8 Å². The van der Waals surface area contributed by atoms with Gasteiger partial charge < -0.3 is 10.1 Å². The maximum absolute atomic E-state index is 12.1. The van der Waals surface area contributed by atoms with Gasteiger partial charge in [0.15, 0.2) is 6.61 Å². The first-order valence-corrected chi connectivity index (χ1v) is 8.66. The summed E-state index contributed by atoms with van der Waals surface area (Å²) in [5, 5.41) is 11.1. The first-order chi connectivity index (χ1) is 13.1. The van der Waals surface area contributed by atoms with Crippen LogP contribution in [-0.4, -0.2) is 12.5 Å². The van der Waals surface area contributed by atoms with E-state index in [1.54, 1.807) is 24.3 Å². The molecule has 1 N–H and O–H groups in total. The summed E-state index contributed by atoms with van der Waals surface area (Å²) in [6.45, 7) is 3.95. The summed E-state index contributed by atoms with van der Waals surface area (Å²) in [5.74, 6) is 0.479. The SMILES string of the molecule is Cc1cc(C)cc(OCC(=O)Nc2ccc(N=Nc3ccccc3)cc2)c1. The lowest BCUT2D eigenvalue weighted by molar-refractivity contribution is -0.118. The van der Waals surface area contributed by atoms with Crippen LogP contribution < -0.4 is 10.1 Å². The van der Waals surface area contributed by atoms with Crippen LogP contribution in [0.3, 0.4) is 0 Å². The molecule has 5 heteroatoms. The Kier molecular flexibility index (Phi) is 5.94. The summed E-state index contributed by atoms with van der Waals surface area (Å²) in [5.41, 5.74) is 4.39. The molecule has 0 aliphatic carbocycles. The molecule has 0 bridgehead atoms. The standard InChI is InChI=1S/C22H21N3O2/c1-16-12-17(2)14-21(13-16)27-15-22(26)23-18-8-10-20(11-9-18)25-24-19-6-4-3-5-7-19/h3-14H,15H2,1-2H3,(H,23,26). The van der Waals surface area contributed by atoms with Crippen LogP contribution in [0.1, 0.15) is 11.1 Å². The predicted octanol–water partition coefficient (Wildman–Crippen LogP) is 5.74. The highest BCUT2D eigenvalue weighted by Crippen LogP contribution is 2.20. The second-order valence-corrected chi connectivity index (χ2v) is 6.24. The van der Waals surface area contributed by atoms with Gasteiger partial charge in [-0.25, -0.2) is 0 Å². The molecule has 0 radical (unpaired) electrons. The second-order valence-electron chi connectivity index (χ2n) is 6.24. The Bertz CT molecular complexity index is 915. The number of hydrogen-bond donors (Lipinski definition) is 1. The van der Waals surface area contributed by atoms with E-state index in [9.17, 15) is 4.79 Å². The largest absolute Gasteiger partial charge is 0.484 e. The highest BCUT2D eigenvalue weighted by molar-refractivity contribution is 5.92. The van der Waals surface area contributed by atoms with Crippen LogP contribution in [0.4, 0.5) is 17.1 Å². The van der Waals surface area contributed by atoms with Gasteiger partial charge in [0.2, 0.25) is 0 Å². The summed E-state index contributed by atoms with van der Waals surface area (Å²) in [6.07, 6.45) is 0. The summed E-state index contributed by atoms with van der Waals surface area (Å²) in [4.78, 5) is 12.1. The minimum absolute atomic E-state index is 0.0433. The third-order valence-electron chi connectivity index (χ3n) is 3.75. The number of rotatable bonds is 6. The van der Waals surface area contributed by atoms with Crippen molar-refractivity contribution in [3.63, 3.8) is 0 Å². The van der Waals surface area contributed by atoms with Gasteiger partial charge in [-0.2, -0.15) is 10.2 Å². The molecule has 3 aromatic carbocycles. The first-order valence-electron chi connectivity index (χ1n) is 8.66. The number of benzene rings is 3. The van der Waals surface area contributed by atoms with Crippen LogP contribution >= 0.6 is 0 Å². The molecule has 27 heavy (non-hydrogen) atoms. The number of hydrogen-bond acceptors (Lipinski definition) is 4. The number of nitrogens with zero attached hydrogens (tertiary/aromatic N) is 2. The number of carbonyl (C=O) groups excluding carboxylic acids is 1. The number of nitrogens with one attached hydrogen (secondary N) is 1. The molecule has 1 amide bonds. The molecule has 0 saturated carbocycles. The predicted molar refractivity (Wildman–Crippen MR) is 107 cm³/mol. The summed E-state index contributed by atoms with van der Waals surface area (Å²) in [6, 6.07) is 22.6. The van der Waals surface area contributed by atoms with Crippen molar-refractivity contribution in [2.75, 3.05) is 11.9 Å². The molecule has 0 atom stereocenters. The van der Waals surface area contributed by atoms with Crippen molar-refractivity contribution in [3.8, 4) is 5.75 Å². The van der Waals surface area contributed by atoms with E-state index in [0.29, 0.717) is 17.1 Å². The zero-order valence-corrected chi connectivity index (χ0v) is 15.3. The van der Waals surface area contributed by atoms with Gasteiger partial charge in [0.05, 0.1) is 11.4 Å². The Morgan fingerprint density at radius 3 is 2.07 bits per heavy atom. The van der Waals surface area contributed by atoms with E-state index in [-0.39, 0.29) is 12.5 Å². The van der Waals surface area contributed by atoms with Crippen molar-refractivity contribution in [3.05, 3.63) is 83.9 Å². The molecule has 0 aliphatic heterocycles. The number of carbonyl (C=O) groups is 1. The Hall–Kier alpha value is -3.47. The zero-order valence-electron chi connectivity index (χ0n) is 15.3. The van der Waals surface area contributed by atoms with Crippen molar-refractivity contribution in [1.29, 1.82) is 0 Å². The monoisotopic (exact) mass is 359 g/mol. The van der Waals surface area contributed by atoms with Crippen LogP contribution in [0.2, 0.25) is 0 Å². The van der Waals surface area contributed by atoms with Crippen molar-refractivity contribution in [2.24, 2.45) is 10.2 Å². The zero-order chi connectivity index (χ0) is 19.1. The summed E-state index contributed by atoms with van der Waals surface area (Å²) in [7, 11) is 0. The van der Waals surface area contributed by atoms with Crippen molar-refractivity contribution in [1.82, 2.24) is 0 Å². The Labute approximate surface area is 158 Å². The van der Waals surface area contributed by atoms with E-state index >= 15 is 0 Å². The minimum atomic E-state index is -0.215. The molecule has 5 nitrogen and oxygen atoms in total. The second kappa shape index (κ2) is 8.76. The summed E-state index contributed by atoms with van der Waals surface area (Å²) < 4.78 is 5.57. The molecular formula is C22H21N3O2. The first kappa shape index (κ1) is 18.3. The topological polar surface area (TPSA) is 63.0 Å². The molecule has 0 heterocycles. The third kappa shape index (κ3) is 5.78. The van der Waals surface area contributed by atoms with E-state index in [1.807, 2.05) is 56.3 Å². The number of ether oxygens (including phenoxy) is 1. The lowest BCUT2D eigenvalue weighted by atomic mass is 10.1. The maximum atomic E-state index is 12.1. The fourth-order valence-corrected chi connectivity index (χ4v) is 2.58. The minimum Gasteiger partial charge on any atom is -0.484 e. The van der Waals surface area contributed by atoms with Gasteiger partial charge in [0, 0.05) is 5.69 Å². The molecule has 3 rings (SSSR count). The molecule has 136 valence electrons. The van der Waals surface area contributed by atoms with Gasteiger partial charge >= 0.3 is 0 Å². The Morgan fingerprint density at radius 1 is 0.852 bits per heavy atom. The van der Waals surface area contributed by atoms with Crippen LogP contribution in [0.25, 0.3) is 0 Å². The molecule has 0 aliphatic rings. The van der Waals surface area contributed by atoms with Gasteiger partial charge in [-0.05, 0) is 73.5 Å². The van der Waals surface area contributed by atoms with Crippen molar-refractivity contribution < 1.29 is 9.53 Å². The van der Waals surface area contributed by atoms with Crippen LogP contribution in [-0.2, 0) is 4.79 Å². The van der Waals surface area contributed by atoms with Crippen LogP contribution in [0.15, 0.2) is 83.0 Å². The number of azo groups is 1. The third-order valence-corrected chi connectivity index (χ3v) is 3.75. The van der Waals surface area contributed by atoms with E-state index < -0.39 is 0 Å². The smallest absolute Gasteiger partial charge is 0.262 e. The number of anilines is 1. The lowest BCUT2D eigenvalue weighted by Gasteiger charge is -2.09. The Balaban J connectivity index is 1.53. The molecule has 0 fully saturated rings. The average molecular weight is 359 g/mol. The van der Waals surface area contributed by atoms with Gasteiger partial charge in [-0.1, -0.05) is 24.3 Å². The van der Waals surface area contributed by atoms with Gasteiger partial charge in [-0.3, -0.25) is 4.79 Å². The Morgan fingerprint density at radius 2 is 1.44 bits per heavy atom. The quantitative estimate of drug-likeness (QED) is 0.571. The highest BCUT2D eigenvalue weighted by atomic mass is 16.5. The van der Waals surface area contributed by atoms with Crippen LogP contribution in [0.5, 0.6) is 5.75 Å². The fraction of sp³-hybridized carbons (Fsp3) is 0.136. The number of aryl methyl sites for hydroxylation is 2. The number of amides is 1. The van der Waals surface area contributed by atoms with E-state index in [4.69, 9.17) is 4.74 Å². The van der Waals surface area contributed by atoms with Gasteiger partial charge in [0.25, 0.3) is 5.91 Å². The van der Waals surface area contributed by atoms with Crippen molar-refractivity contribution >= 4 is 23.0 Å². The van der Waals surface area contributed by atoms with E-state index in [1.165, 1.54) is 0 Å². The van der Waals surface area contributed by atoms with Crippen molar-refractivity contribution in [2.45, 2.75) is 13.8 Å². The highest BCUT2D eigenvalue weighted by Gasteiger charge is 2.05. The maximum Gasteiger partial charge on any atom is 0.262 e. The molecule has 0 unspecified atom stereocenters. The molecular weight excluding hydrogens is 338 g/mol. The summed E-state index contributed by atoms with van der Waals surface area (Å²) >= 11 is 0. The average Bonchev–Trinajstić information content (AvgIpc) is 2.66. The molecule has 0 spiro atoms. The molecule has 3 aromatic rings.